The number of piperazine rings is 1. The molecule has 1 aromatic carbocycles. The molecule has 106 valence electrons. The first-order chi connectivity index (χ1) is 9.72. The highest BCUT2D eigenvalue weighted by Crippen LogP contribution is 2.15. The zero-order valence-electron chi connectivity index (χ0n) is 11.9. The number of carbonyl (C=O) groups is 1. The number of hydrogen-bond acceptors (Lipinski definition) is 2. The Hall–Kier alpha value is -1.81. The van der Waals surface area contributed by atoms with Crippen LogP contribution in [0.4, 0.5) is 0 Å². The molecule has 0 aliphatic carbocycles. The Bertz CT molecular complexity index is 597. The molecule has 1 aliphatic heterocycles. The minimum atomic E-state index is 0.282. The first-order valence-corrected chi connectivity index (χ1v) is 7.25. The van der Waals surface area contributed by atoms with Gasteiger partial charge in [-0.05, 0) is 36.6 Å². The number of fused-ring (bicyclic) bond motifs is 1. The molecule has 1 N–H and O–H groups in total. The van der Waals surface area contributed by atoms with Crippen molar-refractivity contribution in [2.75, 3.05) is 33.2 Å². The van der Waals surface area contributed by atoms with Gasteiger partial charge < -0.3 is 14.8 Å². The quantitative estimate of drug-likeness (QED) is 0.925. The summed E-state index contributed by atoms with van der Waals surface area (Å²) in [5.74, 6) is 0.282. The molecule has 4 nitrogen and oxygen atoms in total. The van der Waals surface area contributed by atoms with Gasteiger partial charge in [0.15, 0.2) is 0 Å². The van der Waals surface area contributed by atoms with E-state index in [2.05, 4.69) is 41.2 Å². The van der Waals surface area contributed by atoms with Gasteiger partial charge in [-0.1, -0.05) is 12.1 Å². The summed E-state index contributed by atoms with van der Waals surface area (Å²) in [4.78, 5) is 19.7. The van der Waals surface area contributed by atoms with Crippen LogP contribution in [0.3, 0.4) is 0 Å². The number of carbonyl (C=O) groups excluding carboxylic acids is 1. The highest BCUT2D eigenvalue weighted by Gasteiger charge is 2.18. The zero-order chi connectivity index (χ0) is 13.9. The van der Waals surface area contributed by atoms with Gasteiger partial charge in [0.2, 0.25) is 5.91 Å². The standard InChI is InChI=1S/C16H21N3O/c1-18-8-10-19(11-9-18)16(20)5-3-13-2-4-14-6-7-17-15(14)12-13/h2,4,6-7,12,17H,3,5,8-11H2,1H3. The van der Waals surface area contributed by atoms with Crippen LogP contribution in [0.5, 0.6) is 0 Å². The zero-order valence-corrected chi connectivity index (χ0v) is 11.9. The summed E-state index contributed by atoms with van der Waals surface area (Å²) in [5.41, 5.74) is 2.37. The number of nitrogens with zero attached hydrogens (tertiary/aromatic N) is 2. The fourth-order valence-corrected chi connectivity index (χ4v) is 2.72. The molecule has 2 aromatic rings. The maximum absolute atomic E-state index is 12.2. The number of H-pyrrole nitrogens is 1. The van der Waals surface area contributed by atoms with Crippen molar-refractivity contribution >= 4 is 16.8 Å². The van der Waals surface area contributed by atoms with E-state index >= 15 is 0 Å². The molecule has 1 aliphatic rings. The van der Waals surface area contributed by atoms with Gasteiger partial charge in [0, 0.05) is 44.3 Å². The van der Waals surface area contributed by atoms with Gasteiger partial charge in [-0.15, -0.1) is 0 Å². The Morgan fingerprint density at radius 1 is 1.20 bits per heavy atom. The number of benzene rings is 1. The lowest BCUT2D eigenvalue weighted by molar-refractivity contribution is -0.132. The lowest BCUT2D eigenvalue weighted by atomic mass is 10.1. The van der Waals surface area contributed by atoms with E-state index in [1.165, 1.54) is 10.9 Å². The summed E-state index contributed by atoms with van der Waals surface area (Å²) in [6.45, 7) is 3.70. The van der Waals surface area contributed by atoms with E-state index in [0.29, 0.717) is 6.42 Å². The van der Waals surface area contributed by atoms with Gasteiger partial charge in [0.25, 0.3) is 0 Å². The highest BCUT2D eigenvalue weighted by molar-refractivity contribution is 5.80. The van der Waals surface area contributed by atoms with Gasteiger partial charge in [-0.25, -0.2) is 0 Å². The van der Waals surface area contributed by atoms with Crippen LogP contribution in [0.15, 0.2) is 30.5 Å². The van der Waals surface area contributed by atoms with Crippen LogP contribution in [-0.2, 0) is 11.2 Å². The highest BCUT2D eigenvalue weighted by atomic mass is 16.2. The van der Waals surface area contributed by atoms with Crippen LogP contribution in [-0.4, -0.2) is 53.9 Å². The van der Waals surface area contributed by atoms with Crippen molar-refractivity contribution in [1.29, 1.82) is 0 Å². The minimum absolute atomic E-state index is 0.282. The number of aromatic nitrogens is 1. The second-order valence-corrected chi connectivity index (χ2v) is 5.58. The molecule has 0 unspecified atom stereocenters. The van der Waals surface area contributed by atoms with Crippen molar-refractivity contribution in [2.45, 2.75) is 12.8 Å². The third-order valence-electron chi connectivity index (χ3n) is 4.10. The molecule has 20 heavy (non-hydrogen) atoms. The Kier molecular flexibility index (Phi) is 3.74. The summed E-state index contributed by atoms with van der Waals surface area (Å²) in [5, 5.41) is 1.22. The maximum Gasteiger partial charge on any atom is 0.222 e. The van der Waals surface area contributed by atoms with Crippen molar-refractivity contribution in [3.8, 4) is 0 Å². The van der Waals surface area contributed by atoms with Crippen molar-refractivity contribution in [3.05, 3.63) is 36.0 Å². The number of aromatic amines is 1. The fourth-order valence-electron chi connectivity index (χ4n) is 2.72. The lowest BCUT2D eigenvalue weighted by Crippen LogP contribution is -2.47. The molecule has 1 aromatic heterocycles. The molecule has 1 amide bonds. The number of hydrogen-bond donors (Lipinski definition) is 1. The number of rotatable bonds is 3. The van der Waals surface area contributed by atoms with Gasteiger partial charge in [-0.2, -0.15) is 0 Å². The first-order valence-electron chi connectivity index (χ1n) is 7.25. The molecule has 3 rings (SSSR count). The average Bonchev–Trinajstić information content (AvgIpc) is 2.93. The van der Waals surface area contributed by atoms with Gasteiger partial charge in [0.1, 0.15) is 0 Å². The Morgan fingerprint density at radius 3 is 2.80 bits per heavy atom. The third-order valence-corrected chi connectivity index (χ3v) is 4.10. The lowest BCUT2D eigenvalue weighted by Gasteiger charge is -2.32. The van der Waals surface area contributed by atoms with Gasteiger partial charge >= 0.3 is 0 Å². The Labute approximate surface area is 119 Å². The summed E-state index contributed by atoms with van der Waals surface area (Å²) in [6.07, 6.45) is 3.37. The molecule has 0 bridgehead atoms. The minimum Gasteiger partial charge on any atom is -0.361 e. The summed E-state index contributed by atoms with van der Waals surface area (Å²) >= 11 is 0. The fraction of sp³-hybridized carbons (Fsp3) is 0.438. The number of nitrogens with one attached hydrogen (secondary N) is 1. The van der Waals surface area contributed by atoms with E-state index in [1.807, 2.05) is 11.1 Å². The molecule has 2 heterocycles. The largest absolute Gasteiger partial charge is 0.361 e. The van der Waals surface area contributed by atoms with Crippen molar-refractivity contribution in [2.24, 2.45) is 0 Å². The van der Waals surface area contributed by atoms with Crippen LogP contribution in [0.25, 0.3) is 10.9 Å². The monoisotopic (exact) mass is 271 g/mol. The topological polar surface area (TPSA) is 39.3 Å². The van der Waals surface area contributed by atoms with E-state index in [0.717, 1.165) is 38.1 Å². The van der Waals surface area contributed by atoms with Crippen LogP contribution in [0, 0.1) is 0 Å². The van der Waals surface area contributed by atoms with E-state index in [-0.39, 0.29) is 5.91 Å². The number of aryl methyl sites for hydroxylation is 1. The predicted octanol–water partition coefficient (Wildman–Crippen LogP) is 1.87. The Balaban J connectivity index is 1.57. The second-order valence-electron chi connectivity index (χ2n) is 5.58. The average molecular weight is 271 g/mol. The van der Waals surface area contributed by atoms with E-state index in [4.69, 9.17) is 0 Å². The van der Waals surface area contributed by atoms with Crippen LogP contribution < -0.4 is 0 Å². The normalized spacial score (nSPS) is 16.8. The van der Waals surface area contributed by atoms with Gasteiger partial charge in [0.05, 0.1) is 0 Å². The van der Waals surface area contributed by atoms with Crippen LogP contribution in [0.2, 0.25) is 0 Å². The summed E-state index contributed by atoms with van der Waals surface area (Å²) < 4.78 is 0. The SMILES string of the molecule is CN1CCN(C(=O)CCc2ccc3cc[nH]c3c2)CC1. The predicted molar refractivity (Wildman–Crippen MR) is 80.7 cm³/mol. The smallest absolute Gasteiger partial charge is 0.222 e. The third kappa shape index (κ3) is 2.85. The van der Waals surface area contributed by atoms with Crippen molar-refractivity contribution < 1.29 is 4.79 Å². The van der Waals surface area contributed by atoms with E-state index < -0.39 is 0 Å². The van der Waals surface area contributed by atoms with Crippen molar-refractivity contribution in [3.63, 3.8) is 0 Å². The summed E-state index contributed by atoms with van der Waals surface area (Å²) in [6, 6.07) is 8.44. The molecule has 1 fully saturated rings. The van der Waals surface area contributed by atoms with E-state index in [1.54, 1.807) is 0 Å². The Morgan fingerprint density at radius 2 is 2.00 bits per heavy atom. The maximum atomic E-state index is 12.2. The van der Waals surface area contributed by atoms with Crippen molar-refractivity contribution in [1.82, 2.24) is 14.8 Å². The molecule has 0 spiro atoms. The molecular formula is C16H21N3O. The molecular weight excluding hydrogens is 250 g/mol. The molecule has 0 atom stereocenters. The molecule has 0 radical (unpaired) electrons. The first kappa shape index (κ1) is 13.2. The number of amides is 1. The van der Waals surface area contributed by atoms with Crippen LogP contribution in [0.1, 0.15) is 12.0 Å². The molecule has 0 saturated carbocycles. The second kappa shape index (κ2) is 5.67. The van der Waals surface area contributed by atoms with Gasteiger partial charge in [-0.3, -0.25) is 4.79 Å². The van der Waals surface area contributed by atoms with E-state index in [9.17, 15) is 4.79 Å². The molecule has 4 heteroatoms. The number of likely N-dealkylation sites (N-methyl/N-ethyl adjacent to an activating group) is 1. The molecule has 1 saturated heterocycles. The summed E-state index contributed by atoms with van der Waals surface area (Å²) in [7, 11) is 2.10. The van der Waals surface area contributed by atoms with Crippen LogP contribution >= 0.6 is 0 Å².